The van der Waals surface area contributed by atoms with Gasteiger partial charge in [0.25, 0.3) is 5.91 Å². The van der Waals surface area contributed by atoms with Crippen molar-refractivity contribution in [2.75, 3.05) is 12.3 Å². The van der Waals surface area contributed by atoms with Gasteiger partial charge in [-0.25, -0.2) is 4.39 Å². The van der Waals surface area contributed by atoms with E-state index in [2.05, 4.69) is 5.32 Å². The summed E-state index contributed by atoms with van der Waals surface area (Å²) in [6.07, 6.45) is 0.364. The van der Waals surface area contributed by atoms with Gasteiger partial charge < -0.3 is 9.87 Å². The Labute approximate surface area is 95.1 Å². The number of benzene rings is 1. The fraction of sp³-hybridized carbons (Fsp3) is 0.300. The minimum Gasteiger partial charge on any atom is -0.772 e. The van der Waals surface area contributed by atoms with Crippen LogP contribution in [0.2, 0.25) is 0 Å². The van der Waals surface area contributed by atoms with E-state index in [9.17, 15) is 17.9 Å². The van der Waals surface area contributed by atoms with Crippen molar-refractivity contribution >= 4 is 17.0 Å². The Hall–Kier alpha value is -1.27. The summed E-state index contributed by atoms with van der Waals surface area (Å²) < 4.78 is 32.9. The quantitative estimate of drug-likeness (QED) is 0.616. The molecule has 1 aromatic rings. The summed E-state index contributed by atoms with van der Waals surface area (Å²) in [5, 5.41) is 2.54. The smallest absolute Gasteiger partial charge is 0.251 e. The predicted octanol–water partition coefficient (Wildman–Crippen LogP) is 0.825. The summed E-state index contributed by atoms with van der Waals surface area (Å²) in [5.41, 5.74) is 0.352. The van der Waals surface area contributed by atoms with Crippen LogP contribution < -0.4 is 5.32 Å². The first-order chi connectivity index (χ1) is 7.59. The molecule has 1 unspecified atom stereocenters. The molecule has 0 spiro atoms. The molecule has 0 bridgehead atoms. The van der Waals surface area contributed by atoms with Crippen LogP contribution in [0.15, 0.2) is 24.3 Å². The van der Waals surface area contributed by atoms with Crippen LogP contribution in [0, 0.1) is 5.82 Å². The molecular weight excluding hydrogens is 233 g/mol. The fourth-order valence-electron chi connectivity index (χ4n) is 1.10. The molecule has 1 amide bonds. The number of amides is 1. The summed E-state index contributed by atoms with van der Waals surface area (Å²) in [6, 6.07) is 5.13. The fourth-order valence-corrected chi connectivity index (χ4v) is 1.48. The van der Waals surface area contributed by atoms with E-state index in [-0.39, 0.29) is 18.2 Å². The minimum absolute atomic E-state index is 0.0176. The number of rotatable bonds is 5. The van der Waals surface area contributed by atoms with Crippen LogP contribution in [-0.2, 0) is 11.1 Å². The maximum absolute atomic E-state index is 12.5. The van der Waals surface area contributed by atoms with E-state index in [1.807, 2.05) is 0 Å². The molecule has 1 aromatic carbocycles. The van der Waals surface area contributed by atoms with Crippen LogP contribution in [0.1, 0.15) is 16.8 Å². The van der Waals surface area contributed by atoms with Gasteiger partial charge in [-0.2, -0.15) is 0 Å². The van der Waals surface area contributed by atoms with Gasteiger partial charge in [-0.1, -0.05) is 11.1 Å². The highest BCUT2D eigenvalue weighted by Crippen LogP contribution is 2.02. The number of hydrogen-bond acceptors (Lipinski definition) is 3. The molecule has 1 atom stereocenters. The second-order valence-electron chi connectivity index (χ2n) is 3.12. The molecule has 0 heterocycles. The van der Waals surface area contributed by atoms with E-state index in [4.69, 9.17) is 0 Å². The molecule has 0 saturated carbocycles. The van der Waals surface area contributed by atoms with Gasteiger partial charge in [-0.3, -0.25) is 9.00 Å². The van der Waals surface area contributed by atoms with Crippen molar-refractivity contribution in [1.82, 2.24) is 5.32 Å². The molecule has 0 aromatic heterocycles. The Morgan fingerprint density at radius 3 is 2.56 bits per heavy atom. The summed E-state index contributed by atoms with van der Waals surface area (Å²) >= 11 is -2.08. The standard InChI is InChI=1S/C10H12FNO3S/c11-9-4-2-8(3-5-9)10(13)12-6-1-7-16(14)15/h2-5H,1,6-7H2,(H,12,13)(H,14,15)/p-1. The van der Waals surface area contributed by atoms with E-state index >= 15 is 0 Å². The highest BCUT2D eigenvalue weighted by Gasteiger charge is 2.03. The molecule has 0 aliphatic heterocycles. The number of nitrogens with one attached hydrogen (secondary N) is 1. The van der Waals surface area contributed by atoms with Gasteiger partial charge in [0.15, 0.2) is 0 Å². The number of hydrogen-bond donors (Lipinski definition) is 1. The average molecular weight is 244 g/mol. The zero-order chi connectivity index (χ0) is 12.0. The van der Waals surface area contributed by atoms with Gasteiger partial charge in [0, 0.05) is 17.9 Å². The van der Waals surface area contributed by atoms with Gasteiger partial charge in [0.1, 0.15) is 5.82 Å². The molecule has 6 heteroatoms. The van der Waals surface area contributed by atoms with E-state index < -0.39 is 16.9 Å². The van der Waals surface area contributed by atoms with Gasteiger partial charge in [0.05, 0.1) is 0 Å². The van der Waals surface area contributed by atoms with Crippen LogP contribution in [0.5, 0.6) is 0 Å². The maximum Gasteiger partial charge on any atom is 0.251 e. The lowest BCUT2D eigenvalue weighted by Gasteiger charge is -2.06. The molecule has 4 nitrogen and oxygen atoms in total. The highest BCUT2D eigenvalue weighted by atomic mass is 32.2. The van der Waals surface area contributed by atoms with Crippen LogP contribution in [0.4, 0.5) is 4.39 Å². The lowest BCUT2D eigenvalue weighted by Crippen LogP contribution is -2.25. The molecule has 0 aliphatic rings. The van der Waals surface area contributed by atoms with E-state index in [1.54, 1.807) is 0 Å². The van der Waals surface area contributed by atoms with Crippen molar-refractivity contribution in [3.63, 3.8) is 0 Å². The zero-order valence-electron chi connectivity index (χ0n) is 8.44. The van der Waals surface area contributed by atoms with Gasteiger partial charge >= 0.3 is 0 Å². The highest BCUT2D eigenvalue weighted by molar-refractivity contribution is 7.79. The molecule has 0 aliphatic carbocycles. The van der Waals surface area contributed by atoms with Gasteiger partial charge in [-0.05, 0) is 30.7 Å². The number of halogens is 1. The molecular formula is C10H11FNO3S-. The molecule has 1 rings (SSSR count). The molecule has 1 N–H and O–H groups in total. The molecule has 0 fully saturated rings. The van der Waals surface area contributed by atoms with Crippen LogP contribution in [0.3, 0.4) is 0 Å². The number of carbonyl (C=O) groups is 1. The lowest BCUT2D eigenvalue weighted by molar-refractivity contribution is 0.0953. The van der Waals surface area contributed by atoms with Crippen molar-refractivity contribution < 1.29 is 17.9 Å². The van der Waals surface area contributed by atoms with Crippen molar-refractivity contribution in [2.45, 2.75) is 6.42 Å². The topological polar surface area (TPSA) is 69.2 Å². The first-order valence-corrected chi connectivity index (χ1v) is 5.93. The summed E-state index contributed by atoms with van der Waals surface area (Å²) in [7, 11) is 0. The largest absolute Gasteiger partial charge is 0.772 e. The zero-order valence-corrected chi connectivity index (χ0v) is 9.26. The minimum atomic E-state index is -2.08. The molecule has 0 saturated heterocycles. The van der Waals surface area contributed by atoms with Gasteiger partial charge in [0.2, 0.25) is 0 Å². The Morgan fingerprint density at radius 1 is 1.38 bits per heavy atom. The van der Waals surface area contributed by atoms with Crippen molar-refractivity contribution in [1.29, 1.82) is 0 Å². The Balaban J connectivity index is 2.35. The maximum atomic E-state index is 12.5. The molecule has 0 radical (unpaired) electrons. The SMILES string of the molecule is O=C(NCCCS(=O)[O-])c1ccc(F)cc1. The van der Waals surface area contributed by atoms with Gasteiger partial charge in [-0.15, -0.1) is 0 Å². The third-order valence-electron chi connectivity index (χ3n) is 1.88. The summed E-state index contributed by atoms with van der Waals surface area (Å²) in [5.74, 6) is -0.723. The van der Waals surface area contributed by atoms with Crippen LogP contribution in [0.25, 0.3) is 0 Å². The van der Waals surface area contributed by atoms with Crippen LogP contribution in [-0.4, -0.2) is 27.0 Å². The summed E-state index contributed by atoms with van der Waals surface area (Å²) in [4.78, 5) is 11.4. The lowest BCUT2D eigenvalue weighted by atomic mass is 10.2. The predicted molar refractivity (Wildman–Crippen MR) is 57.1 cm³/mol. The van der Waals surface area contributed by atoms with Crippen LogP contribution >= 0.6 is 0 Å². The summed E-state index contributed by atoms with van der Waals surface area (Å²) in [6.45, 7) is 0.282. The van der Waals surface area contributed by atoms with E-state index in [1.165, 1.54) is 24.3 Å². The third-order valence-corrected chi connectivity index (χ3v) is 2.50. The second-order valence-corrected chi connectivity index (χ2v) is 4.14. The van der Waals surface area contributed by atoms with Crippen molar-refractivity contribution in [2.24, 2.45) is 0 Å². The second kappa shape index (κ2) is 6.34. The monoisotopic (exact) mass is 244 g/mol. The third kappa shape index (κ3) is 4.50. The average Bonchev–Trinajstić information content (AvgIpc) is 2.25. The van der Waals surface area contributed by atoms with Crippen molar-refractivity contribution in [3.8, 4) is 0 Å². The Kier molecular flexibility index (Phi) is 5.07. The Bertz CT molecular complexity index is 380. The first kappa shape index (κ1) is 12.8. The molecule has 16 heavy (non-hydrogen) atoms. The van der Waals surface area contributed by atoms with E-state index in [0.29, 0.717) is 12.0 Å². The van der Waals surface area contributed by atoms with Crippen molar-refractivity contribution in [3.05, 3.63) is 35.6 Å². The molecule has 88 valence electrons. The number of carbonyl (C=O) groups excluding carboxylic acids is 1. The normalized spacial score (nSPS) is 12.1. The first-order valence-electron chi connectivity index (χ1n) is 4.69. The Morgan fingerprint density at radius 2 is 2.00 bits per heavy atom. The van der Waals surface area contributed by atoms with E-state index in [0.717, 1.165) is 0 Å².